The summed E-state index contributed by atoms with van der Waals surface area (Å²) in [4.78, 5) is 31.1. The number of hydrogen-bond donors (Lipinski definition) is 2. The largest absolute Gasteiger partial charge is 0.477 e. The van der Waals surface area contributed by atoms with Crippen LogP contribution in [0, 0.1) is 12.7 Å². The van der Waals surface area contributed by atoms with Crippen LogP contribution >= 0.6 is 0 Å². The van der Waals surface area contributed by atoms with E-state index >= 15 is 0 Å². The second kappa shape index (κ2) is 9.02. The summed E-state index contributed by atoms with van der Waals surface area (Å²) in [5.74, 6) is -0.246. The van der Waals surface area contributed by atoms with Gasteiger partial charge in [0, 0.05) is 22.6 Å². The number of carbonyl (C=O) groups is 2. The van der Waals surface area contributed by atoms with Gasteiger partial charge in [-0.2, -0.15) is 0 Å². The molecule has 0 saturated heterocycles. The SMILES string of the molecule is CCC(CC)NC(=O)C1CN(C(=O)Cc2c(C)[nH]c3ccc(F)cc23)c2ccccc2O1. The van der Waals surface area contributed by atoms with Crippen LogP contribution in [0.25, 0.3) is 10.9 Å². The number of para-hydroxylation sites is 2. The molecule has 0 saturated carbocycles. The fourth-order valence-corrected chi connectivity index (χ4v) is 4.22. The molecule has 6 nitrogen and oxygen atoms in total. The van der Waals surface area contributed by atoms with E-state index in [2.05, 4.69) is 10.3 Å². The van der Waals surface area contributed by atoms with E-state index in [1.54, 1.807) is 17.0 Å². The fraction of sp³-hybridized carbons (Fsp3) is 0.360. The molecule has 4 rings (SSSR count). The molecule has 3 aromatic rings. The minimum absolute atomic E-state index is 0.0659. The van der Waals surface area contributed by atoms with Gasteiger partial charge in [0.25, 0.3) is 5.91 Å². The number of ether oxygens (including phenoxy) is 1. The first kappa shape index (κ1) is 21.9. The molecule has 7 heteroatoms. The van der Waals surface area contributed by atoms with Gasteiger partial charge in [0.2, 0.25) is 5.91 Å². The van der Waals surface area contributed by atoms with Gasteiger partial charge < -0.3 is 19.9 Å². The molecule has 2 heterocycles. The van der Waals surface area contributed by atoms with Gasteiger partial charge in [-0.25, -0.2) is 4.39 Å². The molecule has 2 amide bonds. The Morgan fingerprint density at radius 1 is 1.22 bits per heavy atom. The van der Waals surface area contributed by atoms with Crippen molar-refractivity contribution in [3.05, 3.63) is 59.5 Å². The lowest BCUT2D eigenvalue weighted by atomic mass is 10.1. The monoisotopic (exact) mass is 437 g/mol. The number of rotatable bonds is 6. The van der Waals surface area contributed by atoms with Crippen LogP contribution in [0.3, 0.4) is 0 Å². The smallest absolute Gasteiger partial charge is 0.263 e. The summed E-state index contributed by atoms with van der Waals surface area (Å²) < 4.78 is 19.8. The van der Waals surface area contributed by atoms with Crippen molar-refractivity contribution in [1.82, 2.24) is 10.3 Å². The van der Waals surface area contributed by atoms with Crippen LogP contribution in [0.4, 0.5) is 10.1 Å². The quantitative estimate of drug-likeness (QED) is 0.605. The number of H-pyrrole nitrogens is 1. The molecule has 1 aliphatic rings. The summed E-state index contributed by atoms with van der Waals surface area (Å²) in [7, 11) is 0. The van der Waals surface area contributed by atoms with Crippen LogP contribution in [0.2, 0.25) is 0 Å². The lowest BCUT2D eigenvalue weighted by Crippen LogP contribution is -2.52. The van der Waals surface area contributed by atoms with Crippen molar-refractivity contribution in [3.8, 4) is 5.75 Å². The van der Waals surface area contributed by atoms with Crippen molar-refractivity contribution in [1.29, 1.82) is 0 Å². The Morgan fingerprint density at radius 2 is 1.97 bits per heavy atom. The van der Waals surface area contributed by atoms with Crippen molar-refractivity contribution >= 4 is 28.4 Å². The van der Waals surface area contributed by atoms with Crippen molar-refractivity contribution in [3.63, 3.8) is 0 Å². The molecule has 0 aliphatic carbocycles. The van der Waals surface area contributed by atoms with E-state index in [1.165, 1.54) is 12.1 Å². The maximum absolute atomic E-state index is 13.8. The average molecular weight is 438 g/mol. The summed E-state index contributed by atoms with van der Waals surface area (Å²) >= 11 is 0. The third-order valence-corrected chi connectivity index (χ3v) is 6.11. The van der Waals surface area contributed by atoms with E-state index in [0.29, 0.717) is 16.8 Å². The molecular formula is C25H28FN3O3. The number of amides is 2. The number of hydrogen-bond acceptors (Lipinski definition) is 3. The number of nitrogens with zero attached hydrogens (tertiary/aromatic N) is 1. The Morgan fingerprint density at radius 3 is 2.72 bits per heavy atom. The normalized spacial score (nSPS) is 15.5. The van der Waals surface area contributed by atoms with Crippen LogP contribution in [-0.4, -0.2) is 35.5 Å². The van der Waals surface area contributed by atoms with Gasteiger partial charge >= 0.3 is 0 Å². The van der Waals surface area contributed by atoms with Crippen molar-refractivity contribution in [2.75, 3.05) is 11.4 Å². The molecule has 1 unspecified atom stereocenters. The second-order valence-electron chi connectivity index (χ2n) is 8.20. The number of benzene rings is 2. The number of aromatic amines is 1. The molecule has 0 spiro atoms. The van der Waals surface area contributed by atoms with E-state index < -0.39 is 6.10 Å². The first-order valence-electron chi connectivity index (χ1n) is 11.0. The van der Waals surface area contributed by atoms with Crippen LogP contribution in [-0.2, 0) is 16.0 Å². The third-order valence-electron chi connectivity index (χ3n) is 6.11. The van der Waals surface area contributed by atoms with E-state index in [0.717, 1.165) is 29.6 Å². The highest BCUT2D eigenvalue weighted by Crippen LogP contribution is 2.34. The zero-order valence-electron chi connectivity index (χ0n) is 18.6. The van der Waals surface area contributed by atoms with E-state index in [-0.39, 0.29) is 36.6 Å². The predicted molar refractivity (Wildman–Crippen MR) is 122 cm³/mol. The van der Waals surface area contributed by atoms with E-state index in [4.69, 9.17) is 4.74 Å². The number of aromatic nitrogens is 1. The molecule has 1 aliphatic heterocycles. The summed E-state index contributed by atoms with van der Waals surface area (Å²) in [6, 6.07) is 11.8. The zero-order valence-corrected chi connectivity index (χ0v) is 18.6. The number of fused-ring (bicyclic) bond motifs is 2. The highest BCUT2D eigenvalue weighted by atomic mass is 19.1. The van der Waals surface area contributed by atoms with E-state index in [9.17, 15) is 14.0 Å². The minimum atomic E-state index is -0.795. The Hall–Kier alpha value is -3.35. The molecule has 2 aromatic carbocycles. The number of nitrogens with one attached hydrogen (secondary N) is 2. The number of halogens is 1. The molecule has 32 heavy (non-hydrogen) atoms. The molecule has 2 N–H and O–H groups in total. The van der Waals surface area contributed by atoms with Gasteiger partial charge in [-0.3, -0.25) is 9.59 Å². The summed E-state index contributed by atoms with van der Waals surface area (Å²) in [5, 5.41) is 3.71. The van der Waals surface area contributed by atoms with Crippen molar-refractivity contribution in [2.24, 2.45) is 0 Å². The van der Waals surface area contributed by atoms with Gasteiger partial charge in [-0.1, -0.05) is 26.0 Å². The van der Waals surface area contributed by atoms with Crippen molar-refractivity contribution in [2.45, 2.75) is 52.2 Å². The lowest BCUT2D eigenvalue weighted by molar-refractivity contribution is -0.129. The maximum atomic E-state index is 13.8. The Bertz CT molecular complexity index is 1150. The van der Waals surface area contributed by atoms with E-state index in [1.807, 2.05) is 39.0 Å². The van der Waals surface area contributed by atoms with Gasteiger partial charge in [0.1, 0.15) is 11.6 Å². The first-order valence-corrected chi connectivity index (χ1v) is 11.0. The number of carbonyl (C=O) groups excluding carboxylic acids is 2. The lowest BCUT2D eigenvalue weighted by Gasteiger charge is -2.35. The summed E-state index contributed by atoms with van der Waals surface area (Å²) in [6.45, 7) is 6.04. The van der Waals surface area contributed by atoms with Crippen LogP contribution in [0.5, 0.6) is 5.75 Å². The Labute approximate surface area is 186 Å². The third kappa shape index (κ3) is 4.20. The number of anilines is 1. The first-order chi connectivity index (χ1) is 15.4. The summed E-state index contributed by atoms with van der Waals surface area (Å²) in [5.41, 5.74) is 3.00. The fourth-order valence-electron chi connectivity index (χ4n) is 4.22. The highest BCUT2D eigenvalue weighted by Gasteiger charge is 2.34. The standard InChI is InChI=1S/C25H28FN3O3/c1-4-17(5-2)28-25(31)23-14-29(21-8-6-7-9-22(21)32-23)24(30)13-18-15(3)27-20-11-10-16(26)12-19(18)20/h6-12,17,23,27H,4-5,13-14H2,1-3H3,(H,28,31). The van der Waals surface area contributed by atoms with Gasteiger partial charge in [-0.15, -0.1) is 0 Å². The van der Waals surface area contributed by atoms with Gasteiger partial charge in [-0.05, 0) is 55.7 Å². The topological polar surface area (TPSA) is 74.4 Å². The molecule has 1 aromatic heterocycles. The molecule has 0 fully saturated rings. The molecular weight excluding hydrogens is 409 g/mol. The summed E-state index contributed by atoms with van der Waals surface area (Å²) in [6.07, 6.45) is 0.940. The van der Waals surface area contributed by atoms with Crippen LogP contribution in [0.1, 0.15) is 37.9 Å². The highest BCUT2D eigenvalue weighted by molar-refractivity contribution is 6.00. The van der Waals surface area contributed by atoms with Crippen LogP contribution in [0.15, 0.2) is 42.5 Å². The molecule has 0 radical (unpaired) electrons. The van der Waals surface area contributed by atoms with Gasteiger partial charge in [0.05, 0.1) is 18.7 Å². The maximum Gasteiger partial charge on any atom is 0.263 e. The minimum Gasteiger partial charge on any atom is -0.477 e. The zero-order chi connectivity index (χ0) is 22.8. The number of aryl methyl sites for hydroxylation is 1. The Balaban J connectivity index is 1.62. The Kier molecular flexibility index (Phi) is 6.17. The van der Waals surface area contributed by atoms with Gasteiger partial charge in [0.15, 0.2) is 6.10 Å². The molecule has 0 bridgehead atoms. The van der Waals surface area contributed by atoms with Crippen molar-refractivity contribution < 1.29 is 18.7 Å². The predicted octanol–water partition coefficient (Wildman–Crippen LogP) is 4.26. The molecule has 1 atom stereocenters. The molecule has 168 valence electrons. The van der Waals surface area contributed by atoms with Crippen LogP contribution < -0.4 is 15.0 Å². The second-order valence-corrected chi connectivity index (χ2v) is 8.20. The average Bonchev–Trinajstić information content (AvgIpc) is 3.10.